The molecule has 0 fully saturated rings. The van der Waals surface area contributed by atoms with Gasteiger partial charge in [0, 0.05) is 6.92 Å². The highest BCUT2D eigenvalue weighted by Crippen LogP contribution is 2.23. The lowest BCUT2D eigenvalue weighted by atomic mass is 10.1. The molecular formula is C17H19N3O3. The Hall–Kier alpha value is -2.86. The highest BCUT2D eigenvalue weighted by molar-refractivity contribution is 6.04. The van der Waals surface area contributed by atoms with Gasteiger partial charge in [-0.25, -0.2) is 5.84 Å². The van der Waals surface area contributed by atoms with Crippen LogP contribution in [-0.4, -0.2) is 18.9 Å². The summed E-state index contributed by atoms with van der Waals surface area (Å²) in [4.78, 5) is 25.5. The lowest BCUT2D eigenvalue weighted by Gasteiger charge is -2.23. The van der Waals surface area contributed by atoms with Crippen molar-refractivity contribution in [2.75, 3.05) is 12.0 Å². The summed E-state index contributed by atoms with van der Waals surface area (Å²) in [5.41, 5.74) is 3.88. The Labute approximate surface area is 134 Å². The number of benzene rings is 2. The SMILES string of the molecule is COc1ccc(CN(C(C)=O)c2ccccc2C(=O)NN)cc1. The van der Waals surface area contributed by atoms with Gasteiger partial charge in [0.2, 0.25) is 5.91 Å². The van der Waals surface area contributed by atoms with Crippen LogP contribution in [0.3, 0.4) is 0 Å². The monoisotopic (exact) mass is 313 g/mol. The first-order chi connectivity index (χ1) is 11.1. The lowest BCUT2D eigenvalue weighted by molar-refractivity contribution is -0.116. The van der Waals surface area contributed by atoms with E-state index in [2.05, 4.69) is 5.43 Å². The van der Waals surface area contributed by atoms with E-state index < -0.39 is 5.91 Å². The number of hydrazine groups is 1. The van der Waals surface area contributed by atoms with Crippen molar-refractivity contribution in [3.8, 4) is 5.75 Å². The third-order valence-electron chi connectivity index (χ3n) is 3.45. The minimum Gasteiger partial charge on any atom is -0.497 e. The summed E-state index contributed by atoms with van der Waals surface area (Å²) in [7, 11) is 1.60. The topological polar surface area (TPSA) is 84.7 Å². The number of ether oxygens (including phenoxy) is 1. The molecule has 0 aliphatic rings. The molecule has 0 heterocycles. The molecule has 6 nitrogen and oxygen atoms in total. The normalized spacial score (nSPS) is 10.0. The largest absolute Gasteiger partial charge is 0.497 e. The fourth-order valence-corrected chi connectivity index (χ4v) is 2.26. The van der Waals surface area contributed by atoms with Crippen LogP contribution in [0.25, 0.3) is 0 Å². The molecule has 2 rings (SSSR count). The maximum Gasteiger partial charge on any atom is 0.267 e. The van der Waals surface area contributed by atoms with Crippen molar-refractivity contribution in [1.29, 1.82) is 0 Å². The van der Waals surface area contributed by atoms with Gasteiger partial charge in [0.15, 0.2) is 0 Å². The van der Waals surface area contributed by atoms with Gasteiger partial charge >= 0.3 is 0 Å². The van der Waals surface area contributed by atoms with Crippen molar-refractivity contribution in [3.05, 3.63) is 59.7 Å². The van der Waals surface area contributed by atoms with E-state index in [-0.39, 0.29) is 5.91 Å². The summed E-state index contributed by atoms with van der Waals surface area (Å²) in [6, 6.07) is 14.2. The molecule has 0 aromatic heterocycles. The zero-order valence-electron chi connectivity index (χ0n) is 13.1. The van der Waals surface area contributed by atoms with Crippen LogP contribution in [0.4, 0.5) is 5.69 Å². The van der Waals surface area contributed by atoms with E-state index in [0.717, 1.165) is 11.3 Å². The second-order valence-corrected chi connectivity index (χ2v) is 4.94. The number of nitrogens with one attached hydrogen (secondary N) is 1. The molecule has 120 valence electrons. The van der Waals surface area contributed by atoms with Crippen molar-refractivity contribution < 1.29 is 14.3 Å². The van der Waals surface area contributed by atoms with Gasteiger partial charge in [0.1, 0.15) is 5.75 Å². The number of anilines is 1. The number of hydrogen-bond acceptors (Lipinski definition) is 4. The highest BCUT2D eigenvalue weighted by atomic mass is 16.5. The first kappa shape index (κ1) is 16.5. The summed E-state index contributed by atoms with van der Waals surface area (Å²) in [5.74, 6) is 5.35. The molecule has 0 aliphatic carbocycles. The molecule has 3 N–H and O–H groups in total. The second kappa shape index (κ2) is 7.42. The van der Waals surface area contributed by atoms with Crippen LogP contribution in [0.5, 0.6) is 5.75 Å². The first-order valence-electron chi connectivity index (χ1n) is 7.08. The number of carbonyl (C=O) groups excluding carboxylic acids is 2. The molecule has 0 saturated heterocycles. The standard InChI is InChI=1S/C17H19N3O3/c1-12(21)20(11-13-7-9-14(23-2)10-8-13)16-6-4-3-5-15(16)17(22)19-18/h3-10H,11,18H2,1-2H3,(H,19,22). The fraction of sp³-hybridized carbons (Fsp3) is 0.176. The van der Waals surface area contributed by atoms with E-state index in [1.807, 2.05) is 24.3 Å². The van der Waals surface area contributed by atoms with E-state index in [1.54, 1.807) is 31.4 Å². The summed E-state index contributed by atoms with van der Waals surface area (Å²) < 4.78 is 5.12. The van der Waals surface area contributed by atoms with Crippen molar-refractivity contribution in [3.63, 3.8) is 0 Å². The molecule has 23 heavy (non-hydrogen) atoms. The number of para-hydroxylation sites is 1. The number of nitrogens with zero attached hydrogens (tertiary/aromatic N) is 1. The quantitative estimate of drug-likeness (QED) is 0.501. The minimum absolute atomic E-state index is 0.168. The maximum absolute atomic E-state index is 12.1. The molecule has 0 radical (unpaired) electrons. The molecule has 0 spiro atoms. The molecule has 2 aromatic rings. The number of hydrogen-bond donors (Lipinski definition) is 2. The third-order valence-corrected chi connectivity index (χ3v) is 3.45. The van der Waals surface area contributed by atoms with Gasteiger partial charge in [-0.2, -0.15) is 0 Å². The number of carbonyl (C=O) groups is 2. The Bertz CT molecular complexity index is 698. The van der Waals surface area contributed by atoms with E-state index in [1.165, 1.54) is 11.8 Å². The van der Waals surface area contributed by atoms with Gasteiger partial charge in [-0.3, -0.25) is 15.0 Å². The van der Waals surface area contributed by atoms with Crippen molar-refractivity contribution >= 4 is 17.5 Å². The van der Waals surface area contributed by atoms with Crippen LogP contribution >= 0.6 is 0 Å². The number of amides is 2. The summed E-state index contributed by atoms with van der Waals surface area (Å²) in [6.07, 6.45) is 0. The van der Waals surface area contributed by atoms with E-state index >= 15 is 0 Å². The van der Waals surface area contributed by atoms with Gasteiger partial charge in [0.25, 0.3) is 5.91 Å². The van der Waals surface area contributed by atoms with Crippen LogP contribution in [0, 0.1) is 0 Å². The van der Waals surface area contributed by atoms with Crippen molar-refractivity contribution in [1.82, 2.24) is 5.43 Å². The average molecular weight is 313 g/mol. The van der Waals surface area contributed by atoms with Crippen LogP contribution in [-0.2, 0) is 11.3 Å². The van der Waals surface area contributed by atoms with Gasteiger partial charge in [-0.1, -0.05) is 24.3 Å². The maximum atomic E-state index is 12.1. The van der Waals surface area contributed by atoms with E-state index in [0.29, 0.717) is 17.8 Å². The smallest absolute Gasteiger partial charge is 0.267 e. The fourth-order valence-electron chi connectivity index (χ4n) is 2.26. The zero-order chi connectivity index (χ0) is 16.8. The lowest BCUT2D eigenvalue weighted by Crippen LogP contribution is -2.34. The Morgan fingerprint density at radius 1 is 1.13 bits per heavy atom. The predicted molar refractivity (Wildman–Crippen MR) is 88.0 cm³/mol. The number of rotatable bonds is 5. The molecule has 2 amide bonds. The number of nitrogens with two attached hydrogens (primary N) is 1. The first-order valence-corrected chi connectivity index (χ1v) is 7.08. The molecule has 0 atom stereocenters. The van der Waals surface area contributed by atoms with Gasteiger partial charge < -0.3 is 9.64 Å². The Morgan fingerprint density at radius 3 is 2.35 bits per heavy atom. The number of methoxy groups -OCH3 is 1. The molecule has 2 aromatic carbocycles. The Balaban J connectivity index is 2.35. The van der Waals surface area contributed by atoms with Crippen molar-refractivity contribution in [2.45, 2.75) is 13.5 Å². The van der Waals surface area contributed by atoms with E-state index in [9.17, 15) is 9.59 Å². The second-order valence-electron chi connectivity index (χ2n) is 4.94. The third kappa shape index (κ3) is 3.87. The molecular weight excluding hydrogens is 294 g/mol. The molecule has 0 bridgehead atoms. The van der Waals surface area contributed by atoms with Crippen molar-refractivity contribution in [2.24, 2.45) is 5.84 Å². The highest BCUT2D eigenvalue weighted by Gasteiger charge is 2.19. The molecule has 0 saturated carbocycles. The summed E-state index contributed by atoms with van der Waals surface area (Å²) >= 11 is 0. The minimum atomic E-state index is -0.443. The average Bonchev–Trinajstić information content (AvgIpc) is 2.59. The number of nitrogen functional groups attached to an aromatic ring is 1. The summed E-state index contributed by atoms with van der Waals surface area (Å²) in [6.45, 7) is 1.80. The molecule has 0 unspecified atom stereocenters. The Morgan fingerprint density at radius 2 is 1.78 bits per heavy atom. The van der Waals surface area contributed by atoms with Crippen LogP contribution in [0.1, 0.15) is 22.8 Å². The van der Waals surface area contributed by atoms with Crippen LogP contribution in [0.15, 0.2) is 48.5 Å². The Kier molecular flexibility index (Phi) is 5.32. The zero-order valence-corrected chi connectivity index (χ0v) is 13.1. The van der Waals surface area contributed by atoms with Gasteiger partial charge in [0.05, 0.1) is 24.9 Å². The van der Waals surface area contributed by atoms with Gasteiger partial charge in [-0.05, 0) is 29.8 Å². The molecule has 0 aliphatic heterocycles. The van der Waals surface area contributed by atoms with E-state index in [4.69, 9.17) is 10.6 Å². The van der Waals surface area contributed by atoms with Gasteiger partial charge in [-0.15, -0.1) is 0 Å². The predicted octanol–water partition coefficient (Wildman–Crippen LogP) is 1.85. The van der Waals surface area contributed by atoms with Crippen LogP contribution < -0.4 is 20.9 Å². The summed E-state index contributed by atoms with van der Waals surface area (Å²) in [5, 5.41) is 0. The van der Waals surface area contributed by atoms with Crippen LogP contribution in [0.2, 0.25) is 0 Å². The molecule has 6 heteroatoms.